The molecule has 162 valence electrons. The van der Waals surface area contributed by atoms with Crippen LogP contribution in [0.2, 0.25) is 0 Å². The number of aromatic hydroxyl groups is 1. The molecule has 0 fully saturated rings. The number of benzene rings is 2. The number of anilines is 2. The van der Waals surface area contributed by atoms with Gasteiger partial charge < -0.3 is 20.3 Å². The average molecular weight is 431 g/mol. The Hall–Kier alpha value is -3.75. The molecule has 3 rings (SSSR count). The van der Waals surface area contributed by atoms with E-state index in [4.69, 9.17) is 0 Å². The van der Waals surface area contributed by atoms with Crippen molar-refractivity contribution >= 4 is 17.3 Å². The Morgan fingerprint density at radius 1 is 1.10 bits per heavy atom. The van der Waals surface area contributed by atoms with Gasteiger partial charge in [-0.15, -0.1) is 0 Å². The lowest BCUT2D eigenvalue weighted by Gasteiger charge is -2.18. The van der Waals surface area contributed by atoms with E-state index < -0.39 is 35.0 Å². The number of nitrogens with one attached hydrogen (secondary N) is 2. The maximum Gasteiger partial charge on any atom is 0.418 e. The molecule has 0 unspecified atom stereocenters. The summed E-state index contributed by atoms with van der Waals surface area (Å²) in [7, 11) is 1.45. The van der Waals surface area contributed by atoms with Gasteiger partial charge in [-0.1, -0.05) is 24.3 Å². The predicted octanol–water partition coefficient (Wildman–Crippen LogP) is 4.34. The summed E-state index contributed by atoms with van der Waals surface area (Å²) in [5, 5.41) is 15.4. The average Bonchev–Trinajstić information content (AvgIpc) is 2.72. The fourth-order valence-electron chi connectivity index (χ4n) is 3.04. The van der Waals surface area contributed by atoms with Gasteiger partial charge in [0.2, 0.25) is 0 Å². The minimum atomic E-state index is -4.50. The molecular formula is C22H20F3N3O3. The van der Waals surface area contributed by atoms with Crippen LogP contribution in [0.1, 0.15) is 34.5 Å². The standard InChI is InChI=1S/C22H20F3N3O3/c1-13(26-20(30)16-10-11-28(2)21(31)19(16)29)14-6-5-7-15(12-14)27-18-9-4-3-8-17(18)22(23,24)25/h3-13,27,29H,1-2H3,(H,26,30)/t13-/m1/s1. The summed E-state index contributed by atoms with van der Waals surface area (Å²) >= 11 is 0. The molecule has 0 saturated carbocycles. The number of carbonyl (C=O) groups is 1. The molecule has 0 aliphatic heterocycles. The van der Waals surface area contributed by atoms with Crippen molar-refractivity contribution in [2.45, 2.75) is 19.1 Å². The summed E-state index contributed by atoms with van der Waals surface area (Å²) in [6.45, 7) is 1.68. The smallest absolute Gasteiger partial charge is 0.418 e. The Kier molecular flexibility index (Phi) is 6.05. The Balaban J connectivity index is 1.80. The van der Waals surface area contributed by atoms with Gasteiger partial charge in [-0.05, 0) is 42.8 Å². The second-order valence-corrected chi connectivity index (χ2v) is 6.98. The topological polar surface area (TPSA) is 83.4 Å². The fraction of sp³-hybridized carbons (Fsp3) is 0.182. The van der Waals surface area contributed by atoms with Gasteiger partial charge in [-0.25, -0.2) is 0 Å². The Morgan fingerprint density at radius 3 is 2.52 bits per heavy atom. The van der Waals surface area contributed by atoms with E-state index in [9.17, 15) is 27.9 Å². The van der Waals surface area contributed by atoms with Crippen LogP contribution in [0.25, 0.3) is 0 Å². The second kappa shape index (κ2) is 8.55. The molecule has 6 nitrogen and oxygen atoms in total. The van der Waals surface area contributed by atoms with E-state index >= 15 is 0 Å². The summed E-state index contributed by atoms with van der Waals surface area (Å²) in [6.07, 6.45) is -3.14. The molecule has 3 N–H and O–H groups in total. The van der Waals surface area contributed by atoms with Crippen molar-refractivity contribution < 1.29 is 23.1 Å². The Bertz CT molecular complexity index is 1170. The van der Waals surface area contributed by atoms with Crippen LogP contribution in [0.4, 0.5) is 24.5 Å². The lowest BCUT2D eigenvalue weighted by atomic mass is 10.1. The lowest BCUT2D eigenvalue weighted by molar-refractivity contribution is -0.136. The van der Waals surface area contributed by atoms with E-state index in [1.807, 2.05) is 0 Å². The first-order valence-electron chi connectivity index (χ1n) is 9.30. The van der Waals surface area contributed by atoms with Crippen molar-refractivity contribution in [3.05, 3.63) is 87.8 Å². The highest BCUT2D eigenvalue weighted by atomic mass is 19.4. The van der Waals surface area contributed by atoms with Crippen molar-refractivity contribution in [3.8, 4) is 5.75 Å². The van der Waals surface area contributed by atoms with Crippen molar-refractivity contribution in [2.24, 2.45) is 7.05 Å². The number of halogens is 3. The van der Waals surface area contributed by atoms with Gasteiger partial charge in [0.15, 0.2) is 5.75 Å². The number of alkyl halides is 3. The third kappa shape index (κ3) is 4.88. The SMILES string of the molecule is C[C@@H](NC(=O)c1ccn(C)c(=O)c1O)c1cccc(Nc2ccccc2C(F)(F)F)c1. The number of hydrogen-bond acceptors (Lipinski definition) is 4. The van der Waals surface area contributed by atoms with E-state index in [0.29, 0.717) is 11.3 Å². The summed E-state index contributed by atoms with van der Waals surface area (Å²) < 4.78 is 40.8. The van der Waals surface area contributed by atoms with Crippen molar-refractivity contribution in [1.82, 2.24) is 9.88 Å². The minimum Gasteiger partial charge on any atom is -0.502 e. The van der Waals surface area contributed by atoms with Gasteiger partial charge in [0, 0.05) is 18.9 Å². The molecule has 0 spiro atoms. The summed E-state index contributed by atoms with van der Waals surface area (Å²) in [6, 6.07) is 12.5. The highest BCUT2D eigenvalue weighted by Gasteiger charge is 2.33. The van der Waals surface area contributed by atoms with Crippen LogP contribution in [0.3, 0.4) is 0 Å². The van der Waals surface area contributed by atoms with Gasteiger partial charge in [-0.2, -0.15) is 13.2 Å². The Morgan fingerprint density at radius 2 is 1.81 bits per heavy atom. The molecule has 1 atom stereocenters. The first-order valence-corrected chi connectivity index (χ1v) is 9.30. The summed E-state index contributed by atoms with van der Waals surface area (Å²) in [5.74, 6) is -1.31. The second-order valence-electron chi connectivity index (χ2n) is 6.98. The van der Waals surface area contributed by atoms with Crippen molar-refractivity contribution in [2.75, 3.05) is 5.32 Å². The quantitative estimate of drug-likeness (QED) is 0.561. The lowest BCUT2D eigenvalue weighted by Crippen LogP contribution is -2.29. The molecule has 1 heterocycles. The maximum atomic E-state index is 13.2. The zero-order chi connectivity index (χ0) is 22.8. The molecule has 1 aromatic heterocycles. The van der Waals surface area contributed by atoms with Crippen LogP contribution >= 0.6 is 0 Å². The number of pyridine rings is 1. The van der Waals surface area contributed by atoms with Crippen LogP contribution in [0.5, 0.6) is 5.75 Å². The molecule has 0 radical (unpaired) electrons. The molecule has 31 heavy (non-hydrogen) atoms. The third-order valence-corrected chi connectivity index (χ3v) is 4.73. The zero-order valence-corrected chi connectivity index (χ0v) is 16.7. The van der Waals surface area contributed by atoms with Gasteiger partial charge >= 0.3 is 6.18 Å². The predicted molar refractivity (Wildman–Crippen MR) is 110 cm³/mol. The van der Waals surface area contributed by atoms with E-state index in [1.165, 1.54) is 37.5 Å². The van der Waals surface area contributed by atoms with Crippen LogP contribution in [-0.4, -0.2) is 15.6 Å². The normalized spacial score (nSPS) is 12.3. The number of carbonyl (C=O) groups excluding carboxylic acids is 1. The highest BCUT2D eigenvalue weighted by molar-refractivity contribution is 5.96. The molecule has 0 aliphatic carbocycles. The maximum absolute atomic E-state index is 13.2. The molecule has 0 bridgehead atoms. The molecule has 1 amide bonds. The van der Waals surface area contributed by atoms with Crippen molar-refractivity contribution in [3.63, 3.8) is 0 Å². The summed E-state index contributed by atoms with van der Waals surface area (Å²) in [5.41, 5.74) is -0.715. The number of rotatable bonds is 5. The van der Waals surface area contributed by atoms with Gasteiger partial charge in [0.25, 0.3) is 11.5 Å². The molecule has 9 heteroatoms. The van der Waals surface area contributed by atoms with E-state index in [-0.39, 0.29) is 11.3 Å². The molecule has 0 saturated heterocycles. The van der Waals surface area contributed by atoms with Gasteiger partial charge in [0.1, 0.15) is 0 Å². The molecule has 3 aromatic rings. The third-order valence-electron chi connectivity index (χ3n) is 4.73. The first-order chi connectivity index (χ1) is 14.6. The van der Waals surface area contributed by atoms with E-state index in [2.05, 4.69) is 10.6 Å². The molecule has 0 aliphatic rings. The fourth-order valence-corrected chi connectivity index (χ4v) is 3.04. The van der Waals surface area contributed by atoms with E-state index in [0.717, 1.165) is 10.6 Å². The molecule has 2 aromatic carbocycles. The largest absolute Gasteiger partial charge is 0.502 e. The number of aryl methyl sites for hydroxylation is 1. The van der Waals surface area contributed by atoms with Crippen LogP contribution in [0, 0.1) is 0 Å². The molecular weight excluding hydrogens is 411 g/mol. The van der Waals surface area contributed by atoms with Crippen LogP contribution in [-0.2, 0) is 13.2 Å². The van der Waals surface area contributed by atoms with Crippen molar-refractivity contribution in [1.29, 1.82) is 0 Å². The highest BCUT2D eigenvalue weighted by Crippen LogP contribution is 2.36. The Labute approximate surface area is 176 Å². The van der Waals surface area contributed by atoms with Gasteiger partial charge in [0.05, 0.1) is 22.9 Å². The number of aromatic nitrogens is 1. The summed E-state index contributed by atoms with van der Waals surface area (Å²) in [4.78, 5) is 24.3. The zero-order valence-electron chi connectivity index (χ0n) is 16.7. The first kappa shape index (κ1) is 21.9. The number of nitrogens with zero attached hydrogens (tertiary/aromatic N) is 1. The van der Waals surface area contributed by atoms with Crippen LogP contribution in [0.15, 0.2) is 65.6 Å². The minimum absolute atomic E-state index is 0.0890. The monoisotopic (exact) mass is 431 g/mol. The van der Waals surface area contributed by atoms with E-state index in [1.54, 1.807) is 31.2 Å². The number of hydrogen-bond donors (Lipinski definition) is 3. The van der Waals surface area contributed by atoms with Crippen LogP contribution < -0.4 is 16.2 Å². The number of amides is 1. The van der Waals surface area contributed by atoms with Gasteiger partial charge in [-0.3, -0.25) is 9.59 Å². The number of para-hydroxylation sites is 1.